The highest BCUT2D eigenvalue weighted by molar-refractivity contribution is 7.09. The summed E-state index contributed by atoms with van der Waals surface area (Å²) in [6.07, 6.45) is 0. The zero-order chi connectivity index (χ0) is 12.1. The molecule has 1 aromatic heterocycles. The number of hydrogen-bond acceptors (Lipinski definition) is 5. The Morgan fingerprint density at radius 2 is 2.53 bits per heavy atom. The molecule has 0 aromatic carbocycles. The number of morpholine rings is 1. The second-order valence-corrected chi connectivity index (χ2v) is 5.33. The summed E-state index contributed by atoms with van der Waals surface area (Å²) in [4.78, 5) is 7.01. The third kappa shape index (κ3) is 3.74. The summed E-state index contributed by atoms with van der Waals surface area (Å²) in [7, 11) is 0. The van der Waals surface area contributed by atoms with Gasteiger partial charge in [-0.1, -0.05) is 6.92 Å². The van der Waals surface area contributed by atoms with Gasteiger partial charge in [0, 0.05) is 30.2 Å². The van der Waals surface area contributed by atoms with Crippen molar-refractivity contribution in [1.29, 1.82) is 0 Å². The van der Waals surface area contributed by atoms with E-state index in [4.69, 9.17) is 4.74 Å². The number of aromatic nitrogens is 1. The third-order valence-corrected chi connectivity index (χ3v) is 3.94. The molecule has 17 heavy (non-hydrogen) atoms. The largest absolute Gasteiger partial charge is 0.378 e. The van der Waals surface area contributed by atoms with E-state index in [1.807, 2.05) is 0 Å². The fourth-order valence-electron chi connectivity index (χ4n) is 2.05. The number of ether oxygens (including phenoxy) is 1. The number of nitrogens with zero attached hydrogens (tertiary/aromatic N) is 2. The highest BCUT2D eigenvalue weighted by atomic mass is 32.1. The van der Waals surface area contributed by atoms with Gasteiger partial charge in [0.1, 0.15) is 5.01 Å². The van der Waals surface area contributed by atoms with Gasteiger partial charge in [0.15, 0.2) is 0 Å². The van der Waals surface area contributed by atoms with E-state index < -0.39 is 0 Å². The molecular weight excluding hydrogens is 234 g/mol. The minimum absolute atomic E-state index is 0.480. The Balaban J connectivity index is 1.91. The Kier molecular flexibility index (Phi) is 4.91. The van der Waals surface area contributed by atoms with Crippen molar-refractivity contribution in [3.05, 3.63) is 16.1 Å². The molecule has 0 bridgehead atoms. The first-order valence-corrected chi connectivity index (χ1v) is 7.11. The molecule has 2 rings (SSSR count). The lowest BCUT2D eigenvalue weighted by atomic mass is 10.2. The highest BCUT2D eigenvalue weighted by Crippen LogP contribution is 2.15. The normalized spacial score (nSPS) is 21.9. The van der Waals surface area contributed by atoms with Crippen molar-refractivity contribution in [2.75, 3.05) is 32.8 Å². The number of hydrogen-bond donors (Lipinski definition) is 1. The molecule has 1 aliphatic rings. The number of rotatable bonds is 5. The van der Waals surface area contributed by atoms with Gasteiger partial charge in [-0.15, -0.1) is 11.3 Å². The van der Waals surface area contributed by atoms with Crippen LogP contribution < -0.4 is 5.32 Å². The average Bonchev–Trinajstić information content (AvgIpc) is 2.74. The van der Waals surface area contributed by atoms with Crippen LogP contribution in [0.2, 0.25) is 0 Å². The van der Waals surface area contributed by atoms with Crippen LogP contribution in [0.15, 0.2) is 5.38 Å². The van der Waals surface area contributed by atoms with Crippen LogP contribution in [-0.4, -0.2) is 48.8 Å². The van der Waals surface area contributed by atoms with Gasteiger partial charge in [0.25, 0.3) is 0 Å². The smallest absolute Gasteiger partial charge is 0.107 e. The van der Waals surface area contributed by atoms with Gasteiger partial charge in [-0.2, -0.15) is 0 Å². The maximum Gasteiger partial charge on any atom is 0.107 e. The topological polar surface area (TPSA) is 37.4 Å². The first-order chi connectivity index (χ1) is 8.29. The van der Waals surface area contributed by atoms with Crippen molar-refractivity contribution in [2.24, 2.45) is 0 Å². The standard InChI is InChI=1S/C12H21N3OS/c1-3-13-6-11-8-16-5-4-15(11)7-12-14-10(2)9-17-12/h9,11,13H,3-8H2,1-2H3. The molecule has 1 fully saturated rings. The number of likely N-dealkylation sites (N-methyl/N-ethyl adjacent to an activating group) is 1. The molecule has 0 spiro atoms. The molecule has 5 heteroatoms. The number of nitrogens with one attached hydrogen (secondary N) is 1. The molecule has 0 aliphatic carbocycles. The maximum atomic E-state index is 5.55. The molecule has 1 aromatic rings. The van der Waals surface area contributed by atoms with Crippen molar-refractivity contribution in [3.8, 4) is 0 Å². The summed E-state index contributed by atoms with van der Waals surface area (Å²) in [6, 6.07) is 0.480. The molecular formula is C12H21N3OS. The van der Waals surface area contributed by atoms with Gasteiger partial charge in [-0.05, 0) is 13.5 Å². The fraction of sp³-hybridized carbons (Fsp3) is 0.750. The average molecular weight is 255 g/mol. The van der Waals surface area contributed by atoms with E-state index in [1.165, 1.54) is 5.01 Å². The van der Waals surface area contributed by atoms with Crippen LogP contribution in [0.4, 0.5) is 0 Å². The minimum atomic E-state index is 0.480. The summed E-state index contributed by atoms with van der Waals surface area (Å²) in [5.41, 5.74) is 1.13. The monoisotopic (exact) mass is 255 g/mol. The Labute approximate surface area is 107 Å². The van der Waals surface area contributed by atoms with E-state index >= 15 is 0 Å². The van der Waals surface area contributed by atoms with Gasteiger partial charge in [0.2, 0.25) is 0 Å². The van der Waals surface area contributed by atoms with Crippen LogP contribution in [0.1, 0.15) is 17.6 Å². The number of aryl methyl sites for hydroxylation is 1. The molecule has 2 heterocycles. The fourth-order valence-corrected chi connectivity index (χ4v) is 2.84. The van der Waals surface area contributed by atoms with Crippen molar-refractivity contribution >= 4 is 11.3 Å². The molecule has 4 nitrogen and oxygen atoms in total. The van der Waals surface area contributed by atoms with Gasteiger partial charge in [0.05, 0.1) is 19.8 Å². The molecule has 96 valence electrons. The molecule has 1 N–H and O–H groups in total. The molecule has 0 radical (unpaired) electrons. The first kappa shape index (κ1) is 13.0. The summed E-state index contributed by atoms with van der Waals surface area (Å²) >= 11 is 1.76. The van der Waals surface area contributed by atoms with E-state index in [0.29, 0.717) is 6.04 Å². The molecule has 1 saturated heterocycles. The molecule has 1 aliphatic heterocycles. The van der Waals surface area contributed by atoms with E-state index in [9.17, 15) is 0 Å². The summed E-state index contributed by atoms with van der Waals surface area (Å²) in [5, 5.41) is 6.73. The van der Waals surface area contributed by atoms with Crippen molar-refractivity contribution < 1.29 is 4.74 Å². The predicted molar refractivity (Wildman–Crippen MR) is 70.4 cm³/mol. The van der Waals surface area contributed by atoms with Crippen LogP contribution in [-0.2, 0) is 11.3 Å². The lowest BCUT2D eigenvalue weighted by Crippen LogP contribution is -2.49. The van der Waals surface area contributed by atoms with Gasteiger partial charge in [-0.3, -0.25) is 4.90 Å². The Morgan fingerprint density at radius 3 is 3.24 bits per heavy atom. The molecule has 0 amide bonds. The molecule has 0 saturated carbocycles. The van der Waals surface area contributed by atoms with E-state index in [2.05, 4.69) is 34.4 Å². The predicted octanol–water partition coefficient (Wildman–Crippen LogP) is 1.26. The summed E-state index contributed by atoms with van der Waals surface area (Å²) < 4.78 is 5.55. The van der Waals surface area contributed by atoms with Gasteiger partial charge < -0.3 is 10.1 Å². The van der Waals surface area contributed by atoms with Crippen LogP contribution in [0.25, 0.3) is 0 Å². The van der Waals surface area contributed by atoms with Crippen molar-refractivity contribution in [2.45, 2.75) is 26.4 Å². The summed E-state index contributed by atoms with van der Waals surface area (Å²) in [5.74, 6) is 0. The molecule has 1 atom stereocenters. The quantitative estimate of drug-likeness (QED) is 0.859. The van der Waals surface area contributed by atoms with Crippen molar-refractivity contribution in [1.82, 2.24) is 15.2 Å². The molecule has 1 unspecified atom stereocenters. The minimum Gasteiger partial charge on any atom is -0.378 e. The van der Waals surface area contributed by atoms with Crippen LogP contribution in [0.5, 0.6) is 0 Å². The Hall–Kier alpha value is -0.490. The van der Waals surface area contributed by atoms with Gasteiger partial charge >= 0.3 is 0 Å². The second kappa shape index (κ2) is 6.44. The second-order valence-electron chi connectivity index (χ2n) is 4.39. The van der Waals surface area contributed by atoms with Crippen LogP contribution in [0.3, 0.4) is 0 Å². The zero-order valence-electron chi connectivity index (χ0n) is 10.6. The van der Waals surface area contributed by atoms with E-state index in [-0.39, 0.29) is 0 Å². The number of thiazole rings is 1. The summed E-state index contributed by atoms with van der Waals surface area (Å²) in [6.45, 7) is 9.84. The zero-order valence-corrected chi connectivity index (χ0v) is 11.4. The van der Waals surface area contributed by atoms with Crippen LogP contribution in [0, 0.1) is 6.92 Å². The Bertz CT molecular complexity index is 342. The van der Waals surface area contributed by atoms with Crippen LogP contribution >= 0.6 is 11.3 Å². The first-order valence-electron chi connectivity index (χ1n) is 6.23. The lowest BCUT2D eigenvalue weighted by molar-refractivity contribution is -0.0107. The van der Waals surface area contributed by atoms with Crippen molar-refractivity contribution in [3.63, 3.8) is 0 Å². The SMILES string of the molecule is CCNCC1COCCN1Cc1nc(C)cs1. The van der Waals surface area contributed by atoms with E-state index in [1.54, 1.807) is 11.3 Å². The maximum absolute atomic E-state index is 5.55. The lowest BCUT2D eigenvalue weighted by Gasteiger charge is -2.35. The third-order valence-electron chi connectivity index (χ3n) is 2.98. The van der Waals surface area contributed by atoms with E-state index in [0.717, 1.165) is 45.1 Å². The Morgan fingerprint density at radius 1 is 1.65 bits per heavy atom. The van der Waals surface area contributed by atoms with Gasteiger partial charge in [-0.25, -0.2) is 4.98 Å². The highest BCUT2D eigenvalue weighted by Gasteiger charge is 2.23.